The van der Waals surface area contributed by atoms with Gasteiger partial charge in [-0.05, 0) is 74.8 Å². The lowest BCUT2D eigenvalue weighted by atomic mass is 9.87. The van der Waals surface area contributed by atoms with Gasteiger partial charge < -0.3 is 14.8 Å². The molecule has 2 aliphatic heterocycles. The molecule has 0 spiro atoms. The highest BCUT2D eigenvalue weighted by Gasteiger charge is 2.48. The molecule has 4 heterocycles. The van der Waals surface area contributed by atoms with Crippen molar-refractivity contribution in [3.8, 4) is 11.4 Å². The maximum atomic E-state index is 13.9. The fourth-order valence-corrected chi connectivity index (χ4v) is 10.3. The lowest BCUT2D eigenvalue weighted by Gasteiger charge is -2.37. The number of thiophene rings is 1. The zero-order valence-corrected chi connectivity index (χ0v) is 30.3. The van der Waals surface area contributed by atoms with E-state index in [1.807, 2.05) is 61.5 Å². The van der Waals surface area contributed by atoms with Crippen LogP contribution in [0.3, 0.4) is 0 Å². The number of nitrogens with zero attached hydrogens (tertiary/aromatic N) is 3. The number of amides is 2. The number of hydrogen-bond donors (Lipinski definition) is 2. The molecule has 2 unspecified atom stereocenters. The summed E-state index contributed by atoms with van der Waals surface area (Å²) < 4.78 is 41.4. The molecule has 2 aromatic carbocycles. The van der Waals surface area contributed by atoms with E-state index in [1.165, 1.54) is 19.6 Å². The van der Waals surface area contributed by atoms with Crippen LogP contribution in [0.4, 0.5) is 16.3 Å². The number of fused-ring (bicyclic) bond motifs is 2. The maximum Gasteiger partial charge on any atom is 0.342 e. The first-order valence-electron chi connectivity index (χ1n) is 16.4. The van der Waals surface area contributed by atoms with Crippen LogP contribution in [0.15, 0.2) is 64.2 Å². The number of anilines is 2. The summed E-state index contributed by atoms with van der Waals surface area (Å²) in [6.07, 6.45) is 3.92. The number of aromatic nitrogens is 2. The van der Waals surface area contributed by atoms with Crippen LogP contribution in [0.5, 0.6) is 5.75 Å². The number of aryl methyl sites for hydroxylation is 1. The van der Waals surface area contributed by atoms with Gasteiger partial charge in [0.05, 0.1) is 25.6 Å². The number of methoxy groups -OCH3 is 2. The van der Waals surface area contributed by atoms with Gasteiger partial charge in [-0.25, -0.2) is 22.7 Å². The number of carbonyl (C=O) groups excluding carboxylic acids is 2. The zero-order valence-electron chi connectivity index (χ0n) is 28.6. The molecule has 4 aromatic rings. The van der Waals surface area contributed by atoms with Gasteiger partial charge in [0.1, 0.15) is 11.4 Å². The summed E-state index contributed by atoms with van der Waals surface area (Å²) >= 11 is 0.994. The minimum atomic E-state index is -3.86. The largest absolute Gasteiger partial charge is 0.494 e. The highest BCUT2D eigenvalue weighted by atomic mass is 32.2. The Bertz CT molecular complexity index is 1930. The molecule has 0 aliphatic carbocycles. The van der Waals surface area contributed by atoms with Crippen LogP contribution in [0.1, 0.15) is 73.6 Å². The average molecular weight is 706 g/mol. The third-order valence-electron chi connectivity index (χ3n) is 9.33. The molecule has 6 rings (SSSR count). The number of benzene rings is 2. The van der Waals surface area contributed by atoms with Crippen molar-refractivity contribution in [2.45, 2.75) is 81.5 Å². The third-order valence-corrected chi connectivity index (χ3v) is 12.8. The Kier molecular flexibility index (Phi) is 9.62. The average Bonchev–Trinajstić information content (AvgIpc) is 3.77. The van der Waals surface area contributed by atoms with E-state index in [4.69, 9.17) is 14.6 Å². The number of esters is 1. The summed E-state index contributed by atoms with van der Waals surface area (Å²) in [6.45, 7) is 8.28. The summed E-state index contributed by atoms with van der Waals surface area (Å²) in [7, 11) is -1.23. The minimum absolute atomic E-state index is 0.0483. The first-order chi connectivity index (χ1) is 23.3. The number of piperidine rings is 1. The molecule has 2 fully saturated rings. The van der Waals surface area contributed by atoms with Gasteiger partial charge in [0.2, 0.25) is 0 Å². The molecule has 2 amide bonds. The molecule has 0 saturated carbocycles. The van der Waals surface area contributed by atoms with Crippen LogP contribution in [0, 0.1) is 12.8 Å². The van der Waals surface area contributed by atoms with Gasteiger partial charge in [-0.15, -0.1) is 11.3 Å². The minimum Gasteiger partial charge on any atom is -0.494 e. The SMILES string of the molecule is COC(=O)c1csc(S(=O)(=O)N2C3CCC2CC(Cc2ccc(NC(=O)Nc4cc(C(C)(C)C)nn4-c4ccc(C)cc4)cc2)C3)c1OC. The Morgan fingerprint density at radius 3 is 2.22 bits per heavy atom. The number of ether oxygens (including phenoxy) is 2. The van der Waals surface area contributed by atoms with Crippen molar-refractivity contribution in [1.82, 2.24) is 14.1 Å². The van der Waals surface area contributed by atoms with Crippen molar-refractivity contribution in [2.75, 3.05) is 24.9 Å². The Labute approximate surface area is 291 Å². The number of hydrogen-bond acceptors (Lipinski definition) is 8. The van der Waals surface area contributed by atoms with Gasteiger partial charge in [-0.1, -0.05) is 50.6 Å². The summed E-state index contributed by atoms with van der Waals surface area (Å²) in [6, 6.07) is 17.1. The Balaban J connectivity index is 1.09. The molecule has 260 valence electrons. The predicted molar refractivity (Wildman–Crippen MR) is 191 cm³/mol. The van der Waals surface area contributed by atoms with Crippen LogP contribution in [-0.2, 0) is 26.6 Å². The highest BCUT2D eigenvalue weighted by Crippen LogP contribution is 2.46. The summed E-state index contributed by atoms with van der Waals surface area (Å²) in [5, 5.41) is 12.2. The molecule has 2 aliphatic rings. The van der Waals surface area contributed by atoms with Gasteiger partial charge in [0.25, 0.3) is 10.0 Å². The highest BCUT2D eigenvalue weighted by molar-refractivity contribution is 7.91. The molecule has 2 atom stereocenters. The van der Waals surface area contributed by atoms with Gasteiger partial charge in [-0.3, -0.25) is 5.32 Å². The van der Waals surface area contributed by atoms with Crippen molar-refractivity contribution in [3.63, 3.8) is 0 Å². The molecule has 13 heteroatoms. The molecule has 11 nitrogen and oxygen atoms in total. The van der Waals surface area contributed by atoms with E-state index in [-0.39, 0.29) is 39.1 Å². The number of rotatable bonds is 9. The van der Waals surface area contributed by atoms with E-state index < -0.39 is 16.0 Å². The van der Waals surface area contributed by atoms with Crippen LogP contribution in [0.2, 0.25) is 0 Å². The van der Waals surface area contributed by atoms with E-state index in [2.05, 4.69) is 31.4 Å². The van der Waals surface area contributed by atoms with Crippen molar-refractivity contribution < 1.29 is 27.5 Å². The van der Waals surface area contributed by atoms with Crippen LogP contribution in [0.25, 0.3) is 5.69 Å². The van der Waals surface area contributed by atoms with E-state index >= 15 is 0 Å². The van der Waals surface area contributed by atoms with Gasteiger partial charge in [0, 0.05) is 34.6 Å². The fourth-order valence-electron chi connectivity index (χ4n) is 6.91. The topological polar surface area (TPSA) is 132 Å². The number of urea groups is 1. The maximum absolute atomic E-state index is 13.9. The summed E-state index contributed by atoms with van der Waals surface area (Å²) in [4.78, 5) is 25.3. The number of nitrogens with one attached hydrogen (secondary N) is 2. The van der Waals surface area contributed by atoms with Crippen molar-refractivity contribution in [1.29, 1.82) is 0 Å². The quantitative estimate of drug-likeness (QED) is 0.177. The van der Waals surface area contributed by atoms with Crippen LogP contribution < -0.4 is 15.4 Å². The van der Waals surface area contributed by atoms with E-state index in [9.17, 15) is 18.0 Å². The second-order valence-electron chi connectivity index (χ2n) is 13.9. The third kappa shape index (κ3) is 7.10. The van der Waals surface area contributed by atoms with Crippen LogP contribution in [-0.4, -0.2) is 60.8 Å². The second kappa shape index (κ2) is 13.6. The van der Waals surface area contributed by atoms with Crippen molar-refractivity contribution in [3.05, 3.63) is 82.4 Å². The standard InChI is InChI=1S/C36H43N5O6S2/c1-22-7-13-26(14-8-22)40-31(20-30(39-40)36(2,3)4)38-35(43)37-25-11-9-23(10-12-25)17-24-18-27-15-16-28(19-24)41(27)49(44,45)34-32(46-5)29(21-48-34)33(42)47-6/h7-14,20-21,24,27-28H,15-19H2,1-6H3,(H2,37,38,43). The zero-order chi connectivity index (χ0) is 35.1. The van der Waals surface area contributed by atoms with Gasteiger partial charge in [0.15, 0.2) is 9.96 Å². The number of carbonyl (C=O) groups is 2. The molecule has 2 saturated heterocycles. The second-order valence-corrected chi connectivity index (χ2v) is 16.8. The molecular formula is C36H43N5O6S2. The molecule has 0 radical (unpaired) electrons. The Morgan fingerprint density at radius 1 is 0.980 bits per heavy atom. The van der Waals surface area contributed by atoms with E-state index in [0.717, 1.165) is 65.9 Å². The molecule has 2 bridgehead atoms. The number of sulfonamides is 1. The molecule has 2 N–H and O–H groups in total. The smallest absolute Gasteiger partial charge is 0.342 e. The van der Waals surface area contributed by atoms with Gasteiger partial charge in [-0.2, -0.15) is 9.40 Å². The first-order valence-corrected chi connectivity index (χ1v) is 18.7. The van der Waals surface area contributed by atoms with Crippen LogP contribution >= 0.6 is 11.3 Å². The molecular weight excluding hydrogens is 663 g/mol. The Hall–Kier alpha value is -4.20. The lowest BCUT2D eigenvalue weighted by molar-refractivity contribution is 0.0597. The van der Waals surface area contributed by atoms with Crippen molar-refractivity contribution in [2.24, 2.45) is 5.92 Å². The lowest BCUT2D eigenvalue weighted by Crippen LogP contribution is -2.46. The predicted octanol–water partition coefficient (Wildman–Crippen LogP) is 7.15. The summed E-state index contributed by atoms with van der Waals surface area (Å²) in [5.41, 5.74) is 4.57. The normalized spacial score (nSPS) is 19.4. The van der Waals surface area contributed by atoms with E-state index in [0.29, 0.717) is 17.4 Å². The van der Waals surface area contributed by atoms with Gasteiger partial charge >= 0.3 is 12.0 Å². The fraction of sp³-hybridized carbons (Fsp3) is 0.417. The molecule has 49 heavy (non-hydrogen) atoms. The first kappa shape index (κ1) is 34.7. The monoisotopic (exact) mass is 705 g/mol. The van der Waals surface area contributed by atoms with E-state index in [1.54, 1.807) is 8.99 Å². The molecule has 2 aromatic heterocycles. The Morgan fingerprint density at radius 2 is 1.63 bits per heavy atom. The van der Waals surface area contributed by atoms with Crippen molar-refractivity contribution >= 4 is 44.9 Å². The summed E-state index contributed by atoms with van der Waals surface area (Å²) in [5.74, 6) is 0.318.